The third kappa shape index (κ3) is 2.71. The molecule has 144 valence electrons. The van der Waals surface area contributed by atoms with Crippen LogP contribution in [0.15, 0.2) is 11.6 Å². The number of hydrogen-bond acceptors (Lipinski definition) is 4. The lowest BCUT2D eigenvalue weighted by molar-refractivity contribution is -0.120. The normalized spacial score (nSPS) is 44.4. The van der Waals surface area contributed by atoms with Gasteiger partial charge in [0.05, 0.1) is 7.11 Å². The molecule has 0 spiro atoms. The molecule has 3 saturated carbocycles. The lowest BCUT2D eigenvalue weighted by Gasteiger charge is -2.54. The van der Waals surface area contributed by atoms with E-state index < -0.39 is 6.16 Å². The fourth-order valence-electron chi connectivity index (χ4n) is 6.93. The van der Waals surface area contributed by atoms with Crippen molar-refractivity contribution in [2.45, 2.75) is 71.3 Å². The number of methoxy groups -OCH3 is 1. The Morgan fingerprint density at radius 1 is 1.23 bits per heavy atom. The number of carbonyl (C=O) groups excluding carboxylic acids is 2. The van der Waals surface area contributed by atoms with Crippen molar-refractivity contribution in [2.24, 2.45) is 35.0 Å². The van der Waals surface area contributed by atoms with E-state index in [4.69, 9.17) is 9.47 Å². The Balaban J connectivity index is 1.55. The van der Waals surface area contributed by atoms with Crippen LogP contribution in [0.4, 0.5) is 4.79 Å². The number of carbonyl (C=O) groups is 2. The van der Waals surface area contributed by atoms with E-state index in [1.165, 1.54) is 25.5 Å². The highest BCUT2D eigenvalue weighted by Gasteiger charge is 2.57. The van der Waals surface area contributed by atoms with Gasteiger partial charge < -0.3 is 9.47 Å². The molecular formula is C22H32O4. The third-order valence-electron chi connectivity index (χ3n) is 8.33. The van der Waals surface area contributed by atoms with Gasteiger partial charge in [0.25, 0.3) is 0 Å². The van der Waals surface area contributed by atoms with Crippen LogP contribution in [-0.2, 0) is 14.3 Å². The van der Waals surface area contributed by atoms with Crippen LogP contribution in [0, 0.1) is 35.0 Å². The monoisotopic (exact) mass is 360 g/mol. The van der Waals surface area contributed by atoms with Gasteiger partial charge >= 0.3 is 6.16 Å². The minimum atomic E-state index is -0.538. The van der Waals surface area contributed by atoms with Crippen molar-refractivity contribution in [1.29, 1.82) is 0 Å². The summed E-state index contributed by atoms with van der Waals surface area (Å²) in [5.74, 6) is 3.27. The third-order valence-corrected chi connectivity index (χ3v) is 8.33. The zero-order chi connectivity index (χ0) is 18.5. The van der Waals surface area contributed by atoms with E-state index >= 15 is 0 Å². The van der Waals surface area contributed by atoms with Crippen molar-refractivity contribution < 1.29 is 19.1 Å². The summed E-state index contributed by atoms with van der Waals surface area (Å²) in [7, 11) is 1.39. The molecule has 0 radical (unpaired) electrons. The first-order valence-corrected chi connectivity index (χ1v) is 10.5. The molecule has 0 heterocycles. The van der Waals surface area contributed by atoms with Crippen LogP contribution in [0.25, 0.3) is 0 Å². The van der Waals surface area contributed by atoms with Crippen LogP contribution in [-0.4, -0.2) is 25.2 Å². The van der Waals surface area contributed by atoms with Crippen molar-refractivity contribution in [1.82, 2.24) is 0 Å². The summed E-state index contributed by atoms with van der Waals surface area (Å²) >= 11 is 0. The van der Waals surface area contributed by atoms with Crippen molar-refractivity contribution in [3.8, 4) is 0 Å². The summed E-state index contributed by atoms with van der Waals surface area (Å²) in [4.78, 5) is 24.0. The molecule has 0 aliphatic heterocycles. The molecule has 0 saturated heterocycles. The van der Waals surface area contributed by atoms with E-state index in [0.717, 1.165) is 38.5 Å². The molecule has 0 aromatic rings. The molecular weight excluding hydrogens is 328 g/mol. The molecule has 0 N–H and O–H groups in total. The smallest absolute Gasteiger partial charge is 0.438 e. The van der Waals surface area contributed by atoms with E-state index in [1.54, 1.807) is 0 Å². The van der Waals surface area contributed by atoms with Gasteiger partial charge in [-0.2, -0.15) is 0 Å². The quantitative estimate of drug-likeness (QED) is 0.656. The minimum Gasteiger partial charge on any atom is -0.438 e. The molecule has 3 fully saturated rings. The van der Waals surface area contributed by atoms with Crippen LogP contribution in [0.1, 0.15) is 65.2 Å². The van der Waals surface area contributed by atoms with Crippen molar-refractivity contribution in [3.05, 3.63) is 11.6 Å². The minimum absolute atomic E-state index is 0.00540. The van der Waals surface area contributed by atoms with Gasteiger partial charge in [-0.1, -0.05) is 19.4 Å². The molecule has 26 heavy (non-hydrogen) atoms. The van der Waals surface area contributed by atoms with E-state index in [-0.39, 0.29) is 17.4 Å². The van der Waals surface area contributed by atoms with Crippen LogP contribution in [0.2, 0.25) is 0 Å². The zero-order valence-corrected chi connectivity index (χ0v) is 16.3. The van der Waals surface area contributed by atoms with Crippen molar-refractivity contribution in [3.63, 3.8) is 0 Å². The standard InChI is InChI=1S/C22H32O4/c1-4-13-11-17-14(12-19(13)23)5-6-16-15(17)9-10-22(2)18(16)7-8-20(22)26-21(24)25-3/h12-13,15-18,20H,4-11H2,1-3H3/t13?,15-,16+,17-,18-,20-,22-/m0/s1. The summed E-state index contributed by atoms with van der Waals surface area (Å²) < 4.78 is 10.4. The second-order valence-electron chi connectivity index (χ2n) is 9.22. The molecule has 0 aromatic heterocycles. The van der Waals surface area contributed by atoms with E-state index in [0.29, 0.717) is 29.5 Å². The topological polar surface area (TPSA) is 52.6 Å². The average Bonchev–Trinajstić information content (AvgIpc) is 2.97. The highest BCUT2D eigenvalue weighted by molar-refractivity contribution is 5.93. The molecule has 4 aliphatic rings. The Morgan fingerprint density at radius 3 is 2.77 bits per heavy atom. The first kappa shape index (κ1) is 18.1. The van der Waals surface area contributed by atoms with Crippen molar-refractivity contribution in [2.75, 3.05) is 7.11 Å². The second kappa shape index (κ2) is 6.69. The average molecular weight is 360 g/mol. The first-order valence-electron chi connectivity index (χ1n) is 10.5. The number of ketones is 1. The van der Waals surface area contributed by atoms with E-state index in [2.05, 4.69) is 13.8 Å². The number of ether oxygens (including phenoxy) is 2. The van der Waals surface area contributed by atoms with Gasteiger partial charge in [0.15, 0.2) is 5.78 Å². The van der Waals surface area contributed by atoms with E-state index in [1.807, 2.05) is 6.08 Å². The number of allylic oxidation sites excluding steroid dienone is 1. The zero-order valence-electron chi connectivity index (χ0n) is 16.3. The highest BCUT2D eigenvalue weighted by Crippen LogP contribution is 2.62. The largest absolute Gasteiger partial charge is 0.508 e. The van der Waals surface area contributed by atoms with Gasteiger partial charge in [-0.25, -0.2) is 4.79 Å². The molecule has 0 bridgehead atoms. The molecule has 4 rings (SSSR count). The fraction of sp³-hybridized carbons (Fsp3) is 0.818. The van der Waals surface area contributed by atoms with E-state index in [9.17, 15) is 9.59 Å². The van der Waals surface area contributed by atoms with Gasteiger partial charge in [-0.3, -0.25) is 4.79 Å². The molecule has 4 heteroatoms. The Bertz CT molecular complexity index is 624. The van der Waals surface area contributed by atoms with Crippen LogP contribution in [0.3, 0.4) is 0 Å². The Kier molecular flexibility index (Phi) is 4.65. The van der Waals surface area contributed by atoms with Gasteiger partial charge in [0.2, 0.25) is 0 Å². The molecule has 1 unspecified atom stereocenters. The summed E-state index contributed by atoms with van der Waals surface area (Å²) in [5, 5.41) is 0. The predicted octanol–water partition coefficient (Wildman–Crippen LogP) is 4.92. The lowest BCUT2D eigenvalue weighted by Crippen LogP contribution is -2.48. The Hall–Kier alpha value is -1.32. The van der Waals surface area contributed by atoms with Gasteiger partial charge in [0.1, 0.15) is 6.10 Å². The highest BCUT2D eigenvalue weighted by atomic mass is 16.7. The summed E-state index contributed by atoms with van der Waals surface area (Å²) in [6, 6.07) is 0. The maximum atomic E-state index is 12.3. The Labute approximate surface area is 156 Å². The maximum absolute atomic E-state index is 12.3. The summed E-state index contributed by atoms with van der Waals surface area (Å²) in [6.45, 7) is 4.48. The van der Waals surface area contributed by atoms with Crippen LogP contribution < -0.4 is 0 Å². The van der Waals surface area contributed by atoms with Crippen LogP contribution >= 0.6 is 0 Å². The number of fused-ring (bicyclic) bond motifs is 5. The van der Waals surface area contributed by atoms with Gasteiger partial charge in [-0.15, -0.1) is 0 Å². The van der Waals surface area contributed by atoms with Gasteiger partial charge in [-0.05, 0) is 81.1 Å². The van der Waals surface area contributed by atoms with Crippen LogP contribution in [0.5, 0.6) is 0 Å². The molecule has 7 atom stereocenters. The SMILES string of the molecule is CCC1C[C@H]2C(=CC1=O)CC[C@@H]1[C@@H]2CC[C@]2(C)[C@@H](OC(=O)OC)CC[C@@H]12. The maximum Gasteiger partial charge on any atom is 0.508 e. The molecule has 4 aliphatic carbocycles. The number of rotatable bonds is 2. The Morgan fingerprint density at radius 2 is 2.04 bits per heavy atom. The predicted molar refractivity (Wildman–Crippen MR) is 98.5 cm³/mol. The fourth-order valence-corrected chi connectivity index (χ4v) is 6.93. The number of hydrogen-bond donors (Lipinski definition) is 0. The summed E-state index contributed by atoms with van der Waals surface area (Å²) in [6.07, 6.45) is 10.2. The molecule has 4 nitrogen and oxygen atoms in total. The first-order chi connectivity index (χ1) is 12.5. The van der Waals surface area contributed by atoms with Gasteiger partial charge in [0, 0.05) is 11.3 Å². The molecule has 0 aromatic carbocycles. The summed E-state index contributed by atoms with van der Waals surface area (Å²) in [5.41, 5.74) is 1.52. The second-order valence-corrected chi connectivity index (χ2v) is 9.22. The lowest BCUT2D eigenvalue weighted by atomic mass is 9.51. The van der Waals surface area contributed by atoms with Crippen molar-refractivity contribution >= 4 is 11.9 Å². The molecule has 0 amide bonds.